The lowest BCUT2D eigenvalue weighted by molar-refractivity contribution is -0.00439. The maximum Gasteiger partial charge on any atom is 0.137 e. The van der Waals surface area contributed by atoms with Gasteiger partial charge in [-0.15, -0.1) is 0 Å². The molecule has 17 heavy (non-hydrogen) atoms. The van der Waals surface area contributed by atoms with Gasteiger partial charge >= 0.3 is 0 Å². The molecule has 1 saturated carbocycles. The van der Waals surface area contributed by atoms with Crippen molar-refractivity contribution in [3.63, 3.8) is 0 Å². The van der Waals surface area contributed by atoms with Crippen LogP contribution in [0.25, 0.3) is 0 Å². The average molecular weight is 235 g/mol. The summed E-state index contributed by atoms with van der Waals surface area (Å²) in [5.74, 6) is 1.10. The smallest absolute Gasteiger partial charge is 0.137 e. The Labute approximate surface area is 103 Å². The first kappa shape index (κ1) is 12.4. The lowest BCUT2D eigenvalue weighted by Crippen LogP contribution is -2.30. The molecule has 0 saturated heterocycles. The molecule has 1 heterocycles. The summed E-state index contributed by atoms with van der Waals surface area (Å²) in [6.07, 6.45) is 7.51. The Balaban J connectivity index is 2.28. The van der Waals surface area contributed by atoms with Crippen LogP contribution < -0.4 is 4.74 Å². The molecule has 1 fully saturated rings. The van der Waals surface area contributed by atoms with Gasteiger partial charge in [0.25, 0.3) is 0 Å². The molecular weight excluding hydrogens is 214 g/mol. The number of hydrogen-bond acceptors (Lipinski definition) is 3. The number of rotatable bonds is 4. The fourth-order valence-electron chi connectivity index (χ4n) is 2.88. The van der Waals surface area contributed by atoms with E-state index in [0.29, 0.717) is 12.5 Å². The summed E-state index contributed by atoms with van der Waals surface area (Å²) in [6, 6.07) is 1.94. The first-order valence-electron chi connectivity index (χ1n) is 6.51. The molecule has 0 spiro atoms. The molecule has 1 aliphatic carbocycles. The molecule has 3 nitrogen and oxygen atoms in total. The van der Waals surface area contributed by atoms with E-state index in [0.717, 1.165) is 37.0 Å². The van der Waals surface area contributed by atoms with Gasteiger partial charge in [0.2, 0.25) is 0 Å². The maximum absolute atomic E-state index is 10.8. The first-order chi connectivity index (χ1) is 8.20. The van der Waals surface area contributed by atoms with Gasteiger partial charge in [0.1, 0.15) is 5.75 Å². The van der Waals surface area contributed by atoms with Crippen LogP contribution >= 0.6 is 0 Å². The highest BCUT2D eigenvalue weighted by molar-refractivity contribution is 5.29. The predicted molar refractivity (Wildman–Crippen MR) is 66.9 cm³/mol. The third kappa shape index (κ3) is 2.29. The largest absolute Gasteiger partial charge is 0.492 e. The normalized spacial score (nSPS) is 28.3. The van der Waals surface area contributed by atoms with Gasteiger partial charge in [0, 0.05) is 11.8 Å². The second-order valence-electron chi connectivity index (χ2n) is 4.76. The Hall–Kier alpha value is -1.09. The summed E-state index contributed by atoms with van der Waals surface area (Å²) in [7, 11) is 0. The summed E-state index contributed by atoms with van der Waals surface area (Å²) >= 11 is 0. The molecule has 3 heteroatoms. The van der Waals surface area contributed by atoms with E-state index in [1.54, 1.807) is 12.4 Å². The first-order valence-corrected chi connectivity index (χ1v) is 6.51. The highest BCUT2D eigenvalue weighted by Gasteiger charge is 2.41. The summed E-state index contributed by atoms with van der Waals surface area (Å²) < 4.78 is 5.45. The van der Waals surface area contributed by atoms with Crippen LogP contribution in [0.2, 0.25) is 0 Å². The second-order valence-corrected chi connectivity index (χ2v) is 4.76. The molecule has 1 aromatic heterocycles. The van der Waals surface area contributed by atoms with Gasteiger partial charge in [-0.2, -0.15) is 0 Å². The lowest BCUT2D eigenvalue weighted by atomic mass is 9.83. The summed E-state index contributed by atoms with van der Waals surface area (Å²) in [5, 5.41) is 10.8. The van der Waals surface area contributed by atoms with E-state index in [9.17, 15) is 5.11 Å². The minimum atomic E-state index is -0.700. The van der Waals surface area contributed by atoms with Crippen molar-refractivity contribution in [1.82, 2.24) is 4.98 Å². The van der Waals surface area contributed by atoms with Crippen LogP contribution in [0, 0.1) is 5.92 Å². The topological polar surface area (TPSA) is 42.4 Å². The molecule has 2 atom stereocenters. The molecule has 1 N–H and O–H groups in total. The summed E-state index contributed by atoms with van der Waals surface area (Å²) in [4.78, 5) is 4.18. The van der Waals surface area contributed by atoms with Crippen molar-refractivity contribution >= 4 is 0 Å². The molecule has 0 amide bonds. The second kappa shape index (κ2) is 5.05. The van der Waals surface area contributed by atoms with Crippen LogP contribution in [-0.2, 0) is 5.60 Å². The van der Waals surface area contributed by atoms with Gasteiger partial charge in [0.05, 0.1) is 18.4 Å². The SMILES string of the molecule is CCOc1cncc(C2(O)CCCC2CC)c1. The number of ether oxygens (including phenoxy) is 1. The van der Waals surface area contributed by atoms with Crippen LogP contribution in [0.15, 0.2) is 18.5 Å². The van der Waals surface area contributed by atoms with Gasteiger partial charge < -0.3 is 9.84 Å². The number of aliphatic hydroxyl groups is 1. The molecule has 0 aromatic carbocycles. The third-order valence-electron chi connectivity index (χ3n) is 3.80. The van der Waals surface area contributed by atoms with E-state index in [-0.39, 0.29) is 0 Å². The zero-order chi connectivity index (χ0) is 12.3. The van der Waals surface area contributed by atoms with Gasteiger partial charge in [0.15, 0.2) is 0 Å². The van der Waals surface area contributed by atoms with Crippen molar-refractivity contribution in [3.8, 4) is 5.75 Å². The molecule has 1 aromatic rings. The number of hydrogen-bond donors (Lipinski definition) is 1. The standard InChI is InChI=1S/C14H21NO2/c1-3-11-6-5-7-14(11,16)12-8-13(17-4-2)10-15-9-12/h8-11,16H,3-7H2,1-2H3. The van der Waals surface area contributed by atoms with Crippen LogP contribution in [0.3, 0.4) is 0 Å². The molecule has 0 radical (unpaired) electrons. The van der Waals surface area contributed by atoms with Crippen molar-refractivity contribution < 1.29 is 9.84 Å². The highest BCUT2D eigenvalue weighted by Crippen LogP contribution is 2.45. The van der Waals surface area contributed by atoms with Gasteiger partial charge in [-0.3, -0.25) is 4.98 Å². The molecule has 0 aliphatic heterocycles. The molecular formula is C14H21NO2. The molecule has 2 unspecified atom stereocenters. The van der Waals surface area contributed by atoms with E-state index >= 15 is 0 Å². The Morgan fingerprint density at radius 3 is 3.00 bits per heavy atom. The van der Waals surface area contributed by atoms with Crippen molar-refractivity contribution in [1.29, 1.82) is 0 Å². The number of aromatic nitrogens is 1. The minimum Gasteiger partial charge on any atom is -0.492 e. The monoisotopic (exact) mass is 235 g/mol. The lowest BCUT2D eigenvalue weighted by Gasteiger charge is -2.30. The van der Waals surface area contributed by atoms with E-state index in [1.807, 2.05) is 13.0 Å². The van der Waals surface area contributed by atoms with Gasteiger partial charge in [-0.1, -0.05) is 13.3 Å². The Bertz CT molecular complexity index is 380. The fourth-order valence-corrected chi connectivity index (χ4v) is 2.88. The predicted octanol–water partition coefficient (Wildman–Crippen LogP) is 2.88. The van der Waals surface area contributed by atoms with E-state index in [2.05, 4.69) is 11.9 Å². The average Bonchev–Trinajstić information content (AvgIpc) is 2.73. The Morgan fingerprint density at radius 2 is 2.29 bits per heavy atom. The van der Waals surface area contributed by atoms with E-state index in [1.165, 1.54) is 0 Å². The zero-order valence-corrected chi connectivity index (χ0v) is 10.6. The number of pyridine rings is 1. The highest BCUT2D eigenvalue weighted by atomic mass is 16.5. The summed E-state index contributed by atoms with van der Waals surface area (Å²) in [6.45, 7) is 4.72. The summed E-state index contributed by atoms with van der Waals surface area (Å²) in [5.41, 5.74) is 0.210. The van der Waals surface area contributed by atoms with Crippen LogP contribution in [0.4, 0.5) is 0 Å². The van der Waals surface area contributed by atoms with Crippen molar-refractivity contribution in [2.45, 2.75) is 45.1 Å². The number of nitrogens with zero attached hydrogens (tertiary/aromatic N) is 1. The van der Waals surface area contributed by atoms with Gasteiger partial charge in [-0.05, 0) is 38.2 Å². The minimum absolute atomic E-state index is 0.348. The van der Waals surface area contributed by atoms with Crippen molar-refractivity contribution in [2.75, 3.05) is 6.61 Å². The molecule has 2 rings (SSSR count). The Kier molecular flexibility index (Phi) is 3.67. The van der Waals surface area contributed by atoms with Crippen LogP contribution in [0.5, 0.6) is 5.75 Å². The van der Waals surface area contributed by atoms with E-state index < -0.39 is 5.60 Å². The van der Waals surface area contributed by atoms with Crippen molar-refractivity contribution in [2.24, 2.45) is 5.92 Å². The fraction of sp³-hybridized carbons (Fsp3) is 0.643. The quantitative estimate of drug-likeness (QED) is 0.872. The molecule has 94 valence electrons. The van der Waals surface area contributed by atoms with Crippen molar-refractivity contribution in [3.05, 3.63) is 24.0 Å². The molecule has 1 aliphatic rings. The van der Waals surface area contributed by atoms with Crippen LogP contribution in [0.1, 0.15) is 45.1 Å². The molecule has 0 bridgehead atoms. The third-order valence-corrected chi connectivity index (χ3v) is 3.80. The van der Waals surface area contributed by atoms with Crippen LogP contribution in [-0.4, -0.2) is 16.7 Å². The van der Waals surface area contributed by atoms with E-state index in [4.69, 9.17) is 4.74 Å². The zero-order valence-electron chi connectivity index (χ0n) is 10.6. The maximum atomic E-state index is 10.8. The Morgan fingerprint density at radius 1 is 1.47 bits per heavy atom. The van der Waals surface area contributed by atoms with Gasteiger partial charge in [-0.25, -0.2) is 0 Å².